The van der Waals surface area contributed by atoms with Gasteiger partial charge in [-0.15, -0.1) is 5.10 Å². The molecular weight excluding hydrogens is 825 g/mol. The molecule has 6 rings (SSSR count). The van der Waals surface area contributed by atoms with Gasteiger partial charge in [0, 0.05) is 55.7 Å². The molecule has 354 valence electrons. The molecule has 0 N–H and O–H groups in total. The van der Waals surface area contributed by atoms with Crippen molar-refractivity contribution in [1.82, 2.24) is 29.8 Å². The number of aromatic nitrogens is 4. The molecule has 2 aromatic heterocycles. The van der Waals surface area contributed by atoms with Crippen LogP contribution in [0, 0.1) is 23.7 Å². The first-order chi connectivity index (χ1) is 30.3. The number of carbonyl (C=O) groups is 4. The van der Waals surface area contributed by atoms with E-state index in [4.69, 9.17) is 33.2 Å². The lowest BCUT2D eigenvalue weighted by atomic mass is 9.73. The van der Waals surface area contributed by atoms with Crippen molar-refractivity contribution in [2.75, 3.05) is 33.9 Å². The number of cyclic esters (lactones) is 1. The van der Waals surface area contributed by atoms with Crippen molar-refractivity contribution in [3.8, 4) is 11.3 Å². The molecule has 0 radical (unpaired) electrons. The van der Waals surface area contributed by atoms with Gasteiger partial charge in [0.1, 0.15) is 17.6 Å². The Balaban J connectivity index is 1.34. The van der Waals surface area contributed by atoms with Gasteiger partial charge in [0.15, 0.2) is 18.0 Å². The number of hydrogen-bond donors (Lipinski definition) is 0. The monoisotopic (exact) mass is 895 g/mol. The van der Waals surface area contributed by atoms with E-state index in [2.05, 4.69) is 21.9 Å². The smallest absolute Gasteiger partial charge is 0.410 e. The number of nitrogens with zero attached hydrogens (tertiary/aromatic N) is 6. The van der Waals surface area contributed by atoms with E-state index in [1.807, 2.05) is 78.9 Å². The summed E-state index contributed by atoms with van der Waals surface area (Å²) < 4.78 is 47.3. The Bertz CT molecular complexity index is 1960. The summed E-state index contributed by atoms with van der Waals surface area (Å²) in [6, 6.07) is 2.75. The van der Waals surface area contributed by atoms with Gasteiger partial charge in [-0.25, -0.2) is 4.79 Å². The molecule has 0 spiro atoms. The Morgan fingerprint density at radius 2 is 1.78 bits per heavy atom. The molecule has 0 saturated carbocycles. The number of Topliss-reactive ketones (excluding diaryl/α,β-unsaturated/α-hetero) is 1. The SMILES string of the molecule is C=C1CO[C@@H]2[C@@H](C)[C@@H](O[C@@H]3O[C@H](C)C[C@H](N(C)C)[C@H]3OC(C)=O)[C@](C)(C[C@@H](C)C(=O)[C@H](C)[C@@H]3N(CCCCn4cc(-c5cccnc5)nn4)C(=O)O[C@]3(C)[C@@H](CC)OC(=O)[C@@H]2C)OC1. The largest absolute Gasteiger partial charge is 0.458 e. The molecular formula is C47H70N6O11. The summed E-state index contributed by atoms with van der Waals surface area (Å²) in [5.74, 6) is -3.94. The van der Waals surface area contributed by atoms with E-state index in [9.17, 15) is 14.4 Å². The Labute approximate surface area is 377 Å². The maximum atomic E-state index is 15.1. The van der Waals surface area contributed by atoms with Crippen LogP contribution in [0.5, 0.6) is 0 Å². The highest BCUT2D eigenvalue weighted by Gasteiger charge is 2.60. The normalized spacial score (nSPS) is 36.7. The maximum absolute atomic E-state index is 15.1. The number of ether oxygens (including phenoxy) is 7. The molecule has 2 aromatic rings. The molecule has 17 nitrogen and oxygen atoms in total. The average Bonchev–Trinajstić information content (AvgIpc) is 3.84. The van der Waals surface area contributed by atoms with Gasteiger partial charge in [-0.3, -0.25) is 24.0 Å². The fraction of sp³-hybridized carbons (Fsp3) is 0.723. The van der Waals surface area contributed by atoms with Crippen molar-refractivity contribution in [1.29, 1.82) is 0 Å². The number of likely N-dealkylation sites (N-methyl/N-ethyl adjacent to an activating group) is 1. The number of ketones is 1. The molecule has 0 unspecified atom stereocenters. The first kappa shape index (κ1) is 49.2. The Morgan fingerprint density at radius 3 is 2.45 bits per heavy atom. The molecule has 0 aliphatic carbocycles. The van der Waals surface area contributed by atoms with Crippen LogP contribution >= 0.6 is 0 Å². The topological polar surface area (TPSA) is 183 Å². The zero-order chi connectivity index (χ0) is 46.7. The number of rotatable bonds is 11. The van der Waals surface area contributed by atoms with Gasteiger partial charge in [0.25, 0.3) is 0 Å². The van der Waals surface area contributed by atoms with Crippen molar-refractivity contribution in [3.63, 3.8) is 0 Å². The number of fused-ring (bicyclic) bond motifs is 4. The maximum Gasteiger partial charge on any atom is 0.410 e. The van der Waals surface area contributed by atoms with Crippen molar-refractivity contribution in [3.05, 3.63) is 42.9 Å². The first-order valence-corrected chi connectivity index (χ1v) is 22.9. The lowest BCUT2D eigenvalue weighted by Crippen LogP contribution is -2.61. The third-order valence-corrected chi connectivity index (χ3v) is 13.8. The van der Waals surface area contributed by atoms with Gasteiger partial charge < -0.3 is 43.0 Å². The quantitative estimate of drug-likeness (QED) is 0.117. The Hall–Kier alpha value is -4.29. The summed E-state index contributed by atoms with van der Waals surface area (Å²) in [5, 5.41) is 8.58. The highest BCUT2D eigenvalue weighted by molar-refractivity contribution is 5.85. The molecule has 64 heavy (non-hydrogen) atoms. The van der Waals surface area contributed by atoms with Crippen LogP contribution in [0.25, 0.3) is 11.3 Å². The second kappa shape index (κ2) is 20.5. The zero-order valence-electron chi connectivity index (χ0n) is 39.6. The molecule has 4 saturated heterocycles. The Morgan fingerprint density at radius 1 is 1.05 bits per heavy atom. The number of esters is 2. The number of unbranched alkanes of at least 4 members (excludes halogenated alkanes) is 1. The predicted molar refractivity (Wildman–Crippen MR) is 234 cm³/mol. The summed E-state index contributed by atoms with van der Waals surface area (Å²) in [6.07, 6.45) is 2.40. The van der Waals surface area contributed by atoms with Gasteiger partial charge in [0.05, 0.1) is 61.3 Å². The molecule has 4 fully saturated rings. The predicted octanol–water partition coefficient (Wildman–Crippen LogP) is 5.65. The molecule has 17 heteroatoms. The van der Waals surface area contributed by atoms with Crippen molar-refractivity contribution >= 4 is 23.8 Å². The molecule has 4 aliphatic rings. The van der Waals surface area contributed by atoms with Gasteiger partial charge in [-0.1, -0.05) is 39.5 Å². The van der Waals surface area contributed by atoms with Crippen LogP contribution in [0.1, 0.15) is 94.4 Å². The molecule has 0 aromatic carbocycles. The highest BCUT2D eigenvalue weighted by Crippen LogP contribution is 2.44. The number of aryl methyl sites for hydroxylation is 1. The van der Waals surface area contributed by atoms with Gasteiger partial charge in [-0.05, 0) is 91.6 Å². The average molecular weight is 895 g/mol. The van der Waals surface area contributed by atoms with Gasteiger partial charge >= 0.3 is 18.0 Å². The van der Waals surface area contributed by atoms with Crippen LogP contribution < -0.4 is 0 Å². The van der Waals surface area contributed by atoms with E-state index in [0.717, 1.165) is 5.56 Å². The minimum Gasteiger partial charge on any atom is -0.458 e. The van der Waals surface area contributed by atoms with Crippen LogP contribution in [-0.4, -0.2) is 148 Å². The number of hydrogen-bond acceptors (Lipinski definition) is 15. The van der Waals surface area contributed by atoms with E-state index < -0.39 is 89.7 Å². The standard InChI is InChI=1S/C47H70N6O11/c1-13-37-47(10)41(53(45(57)64-47)20-15-14-19-52-24-35(49-50-52)34-17-16-18-48-23-34)30(5)38(55)28(3)22-46(9)42(31(6)39(32(7)43(56)62-37)58-25-27(2)26-59-46)63-44-40(61-33(8)54)36(51(11)12)21-29(4)60-44/h16-18,23-24,28-32,36-37,39-42,44H,2,13-15,19-22,25-26H2,1,3-12H3/t28-,29-,30+,31-,32-,36+,37-,39-,40-,41+,42-,44+,46+,47-/m1/s1. The van der Waals surface area contributed by atoms with Crippen molar-refractivity contribution < 1.29 is 52.3 Å². The van der Waals surface area contributed by atoms with Gasteiger partial charge in [-0.2, -0.15) is 0 Å². The Kier molecular flexibility index (Phi) is 15.7. The highest BCUT2D eigenvalue weighted by atomic mass is 16.7. The van der Waals surface area contributed by atoms with E-state index >= 15 is 4.79 Å². The van der Waals surface area contributed by atoms with E-state index in [0.29, 0.717) is 50.0 Å². The molecule has 6 heterocycles. The van der Waals surface area contributed by atoms with E-state index in [1.165, 1.54) is 6.92 Å². The van der Waals surface area contributed by atoms with Crippen LogP contribution in [-0.2, 0) is 54.1 Å². The van der Waals surface area contributed by atoms with Crippen LogP contribution in [0.2, 0.25) is 0 Å². The van der Waals surface area contributed by atoms with Crippen molar-refractivity contribution in [2.45, 2.75) is 161 Å². The minimum atomic E-state index is -1.37. The lowest BCUT2D eigenvalue weighted by molar-refractivity contribution is -0.304. The number of pyridine rings is 1. The van der Waals surface area contributed by atoms with E-state index in [-0.39, 0.29) is 37.6 Å². The fourth-order valence-electron chi connectivity index (χ4n) is 10.5. The van der Waals surface area contributed by atoms with Crippen LogP contribution in [0.4, 0.5) is 4.79 Å². The second-order valence-corrected chi connectivity index (χ2v) is 19.1. The van der Waals surface area contributed by atoms with Gasteiger partial charge in [0.2, 0.25) is 0 Å². The van der Waals surface area contributed by atoms with E-state index in [1.54, 1.807) is 35.8 Å². The summed E-state index contributed by atoms with van der Waals surface area (Å²) >= 11 is 0. The third-order valence-electron chi connectivity index (χ3n) is 13.8. The molecule has 2 bridgehead atoms. The second-order valence-electron chi connectivity index (χ2n) is 19.1. The first-order valence-electron chi connectivity index (χ1n) is 22.9. The zero-order valence-corrected chi connectivity index (χ0v) is 39.6. The minimum absolute atomic E-state index is 0.0921. The van der Waals surface area contributed by atoms with Crippen molar-refractivity contribution in [2.24, 2.45) is 23.7 Å². The number of carbonyl (C=O) groups excluding carboxylic acids is 4. The summed E-state index contributed by atoms with van der Waals surface area (Å²) in [4.78, 5) is 64.1. The number of amides is 1. The molecule has 4 aliphatic heterocycles. The van der Waals surface area contributed by atoms with Crippen LogP contribution in [0.15, 0.2) is 42.9 Å². The summed E-state index contributed by atoms with van der Waals surface area (Å²) in [5.41, 5.74) is -0.362. The lowest BCUT2D eigenvalue weighted by Gasteiger charge is -2.49. The fourth-order valence-corrected chi connectivity index (χ4v) is 10.5. The molecule has 14 atom stereocenters. The summed E-state index contributed by atoms with van der Waals surface area (Å²) in [7, 11) is 3.84. The van der Waals surface area contributed by atoms with Crippen LogP contribution in [0.3, 0.4) is 0 Å². The third kappa shape index (κ3) is 10.5. The molecule has 1 amide bonds. The summed E-state index contributed by atoms with van der Waals surface area (Å²) in [6.45, 7) is 21.5.